The van der Waals surface area contributed by atoms with Gasteiger partial charge in [0, 0.05) is 58.6 Å². The normalized spacial score (nSPS) is 22.4. The number of methoxy groups -OCH3 is 1. The number of benzene rings is 3. The Morgan fingerprint density at radius 2 is 1.83 bits per heavy atom. The van der Waals surface area contributed by atoms with Gasteiger partial charge in [-0.15, -0.1) is 0 Å². The van der Waals surface area contributed by atoms with Crippen molar-refractivity contribution in [2.45, 2.75) is 63.9 Å². The maximum Gasteiger partial charge on any atom is 0.250 e. The first kappa shape index (κ1) is 31.8. The largest absolute Gasteiger partial charge is 0.469 e. The van der Waals surface area contributed by atoms with Gasteiger partial charge in [0.25, 0.3) is 0 Å². The predicted octanol–water partition coefficient (Wildman–Crippen LogP) is 6.46. The number of rotatable bonds is 5. The van der Waals surface area contributed by atoms with Gasteiger partial charge in [-0.3, -0.25) is 9.59 Å². The summed E-state index contributed by atoms with van der Waals surface area (Å²) in [4.78, 5) is 41.2. The van der Waals surface area contributed by atoms with Crippen LogP contribution in [0.5, 0.6) is 5.75 Å². The van der Waals surface area contributed by atoms with Gasteiger partial charge in [-0.2, -0.15) is 0 Å². The zero-order valence-corrected chi connectivity index (χ0v) is 29.9. The molecule has 7 heterocycles. The van der Waals surface area contributed by atoms with Crippen LogP contribution in [0.1, 0.15) is 62.1 Å². The summed E-state index contributed by atoms with van der Waals surface area (Å²) in [6.45, 7) is 7.80. The Balaban J connectivity index is 1.26. The third kappa shape index (κ3) is 4.38. The van der Waals surface area contributed by atoms with E-state index >= 15 is 0 Å². The first-order chi connectivity index (χ1) is 25.7. The number of aromatic amines is 1. The summed E-state index contributed by atoms with van der Waals surface area (Å²) < 4.78 is 26.0. The number of hydrogen-bond acceptors (Lipinski definition) is 9. The highest BCUT2D eigenvalue weighted by Gasteiger charge is 2.61. The summed E-state index contributed by atoms with van der Waals surface area (Å²) in [5, 5.41) is 11.0. The van der Waals surface area contributed by atoms with Crippen molar-refractivity contribution in [2.24, 2.45) is 11.8 Å². The van der Waals surface area contributed by atoms with Gasteiger partial charge in [-0.05, 0) is 35.1 Å². The van der Waals surface area contributed by atoms with Gasteiger partial charge in [0.15, 0.2) is 23.4 Å². The molecule has 0 aliphatic carbocycles. The molecule has 0 saturated heterocycles. The average Bonchev–Trinajstić information content (AvgIpc) is 3.96. The minimum atomic E-state index is -1.04. The maximum absolute atomic E-state index is 14.3. The molecule has 12 nitrogen and oxygen atoms in total. The van der Waals surface area contributed by atoms with E-state index in [0.29, 0.717) is 28.9 Å². The van der Waals surface area contributed by atoms with Crippen molar-refractivity contribution in [1.82, 2.24) is 25.6 Å². The molecule has 4 aliphatic rings. The smallest absolute Gasteiger partial charge is 0.250 e. The Kier molecular flexibility index (Phi) is 6.79. The fraction of sp³-hybridized carbons (Fsp3) is 0.317. The van der Waals surface area contributed by atoms with E-state index in [9.17, 15) is 9.59 Å². The summed E-state index contributed by atoms with van der Waals surface area (Å²) in [6, 6.07) is 16.9. The van der Waals surface area contributed by atoms with Crippen LogP contribution in [0.3, 0.4) is 0 Å². The first-order valence-electron chi connectivity index (χ1n) is 18.1. The number of oxazole rings is 2. The zero-order chi connectivity index (χ0) is 36.3. The number of hydrogen-bond donors (Lipinski definition) is 4. The standard InChI is InChI=1S/C41H38N6O6/c1-18(2)31-39-46-33-35(53-39)41-24-10-6-9-22(21-8-7-11-26-30(21)23(16-42-26)29-17-43-38(33)51-29)32(24)47-40(41)52-28-13-12-20(14-25(28)41)15-27(36(48)45-31)44-37(49)34(50-5)19(3)4/h6-14,16-19,27,31,34,40,42,47H,15H2,1-5H3,(H,44,49)(H,45,48)/t27-,31-,34-,40?,41?/m0/s1. The third-order valence-electron chi connectivity index (χ3n) is 11.3. The summed E-state index contributed by atoms with van der Waals surface area (Å²) in [5.74, 6) is 1.37. The van der Waals surface area contributed by atoms with Crippen molar-refractivity contribution in [1.29, 1.82) is 0 Å². The lowest BCUT2D eigenvalue weighted by atomic mass is 9.72. The number of nitrogens with one attached hydrogen (secondary N) is 4. The Labute approximate surface area is 304 Å². The van der Waals surface area contributed by atoms with E-state index in [0.717, 1.165) is 50.0 Å². The molecule has 3 aromatic carbocycles. The number of amides is 2. The molecule has 3 aromatic heterocycles. The Morgan fingerprint density at radius 1 is 1.00 bits per heavy atom. The molecule has 12 heteroatoms. The topological polar surface area (TPSA) is 157 Å². The van der Waals surface area contributed by atoms with Crippen molar-refractivity contribution >= 4 is 28.4 Å². The van der Waals surface area contributed by atoms with E-state index in [1.807, 2.05) is 52.1 Å². The molecule has 53 heavy (non-hydrogen) atoms. The van der Waals surface area contributed by atoms with Gasteiger partial charge >= 0.3 is 0 Å². The number of nitrogens with zero attached hydrogens (tertiary/aromatic N) is 2. The van der Waals surface area contributed by atoms with Gasteiger partial charge < -0.3 is 39.2 Å². The van der Waals surface area contributed by atoms with E-state index in [-0.39, 0.29) is 36.0 Å². The van der Waals surface area contributed by atoms with E-state index in [1.54, 1.807) is 6.20 Å². The summed E-state index contributed by atoms with van der Waals surface area (Å²) in [7, 11) is 1.50. The number of ether oxygens (including phenoxy) is 2. The van der Waals surface area contributed by atoms with Crippen LogP contribution < -0.4 is 20.7 Å². The highest BCUT2D eigenvalue weighted by atomic mass is 16.5. The van der Waals surface area contributed by atoms with Crippen molar-refractivity contribution in [2.75, 3.05) is 12.4 Å². The molecule has 4 aliphatic heterocycles. The highest BCUT2D eigenvalue weighted by molar-refractivity contribution is 6.07. The molecular formula is C41H38N6O6. The molecule has 6 aromatic rings. The van der Waals surface area contributed by atoms with Gasteiger partial charge in [0.1, 0.15) is 29.4 Å². The molecule has 10 bridgehead atoms. The number of anilines is 1. The fourth-order valence-electron chi connectivity index (χ4n) is 8.79. The number of H-pyrrole nitrogens is 1. The van der Waals surface area contributed by atoms with Gasteiger partial charge in [-0.1, -0.05) is 70.2 Å². The van der Waals surface area contributed by atoms with Crippen LogP contribution in [-0.4, -0.2) is 52.2 Å². The van der Waals surface area contributed by atoms with Crippen LogP contribution >= 0.6 is 0 Å². The number of aromatic nitrogens is 3. The second kappa shape index (κ2) is 11.3. The van der Waals surface area contributed by atoms with Crippen LogP contribution in [0.25, 0.3) is 44.9 Å². The van der Waals surface area contributed by atoms with E-state index < -0.39 is 29.8 Å². The summed E-state index contributed by atoms with van der Waals surface area (Å²) in [6.07, 6.45) is 2.54. The number of para-hydroxylation sites is 1. The van der Waals surface area contributed by atoms with Crippen LogP contribution in [0.4, 0.5) is 5.69 Å². The van der Waals surface area contributed by atoms with Gasteiger partial charge in [0.2, 0.25) is 23.6 Å². The molecule has 2 unspecified atom stereocenters. The molecule has 4 N–H and O–H groups in total. The highest BCUT2D eigenvalue weighted by Crippen LogP contribution is 2.61. The lowest BCUT2D eigenvalue weighted by molar-refractivity contribution is -0.137. The molecule has 2 amide bonds. The Bertz CT molecular complexity index is 2490. The maximum atomic E-state index is 14.3. The zero-order valence-electron chi connectivity index (χ0n) is 29.9. The van der Waals surface area contributed by atoms with E-state index in [1.165, 1.54) is 7.11 Å². The van der Waals surface area contributed by atoms with E-state index in [2.05, 4.69) is 57.3 Å². The lowest BCUT2D eigenvalue weighted by Crippen LogP contribution is -2.53. The molecule has 0 fully saturated rings. The molecule has 0 radical (unpaired) electrons. The average molecular weight is 711 g/mol. The monoisotopic (exact) mass is 710 g/mol. The molecule has 268 valence electrons. The minimum absolute atomic E-state index is 0.0993. The van der Waals surface area contributed by atoms with Gasteiger partial charge in [0.05, 0.1) is 6.20 Å². The molecule has 5 atom stereocenters. The molecule has 1 spiro atoms. The summed E-state index contributed by atoms with van der Waals surface area (Å²) >= 11 is 0. The van der Waals surface area contributed by atoms with Crippen LogP contribution in [0.15, 0.2) is 75.8 Å². The van der Waals surface area contributed by atoms with Crippen LogP contribution in [0, 0.1) is 11.8 Å². The predicted molar refractivity (Wildman–Crippen MR) is 196 cm³/mol. The van der Waals surface area contributed by atoms with Gasteiger partial charge in [-0.25, -0.2) is 9.97 Å². The lowest BCUT2D eigenvalue weighted by Gasteiger charge is -2.29. The van der Waals surface area contributed by atoms with Crippen molar-refractivity contribution in [3.05, 3.63) is 95.3 Å². The number of carbonyl (C=O) groups excluding carboxylic acids is 2. The van der Waals surface area contributed by atoms with Crippen molar-refractivity contribution < 1.29 is 27.9 Å². The molecular weight excluding hydrogens is 672 g/mol. The first-order valence-corrected chi connectivity index (χ1v) is 18.1. The summed E-state index contributed by atoms with van der Waals surface area (Å²) in [5.41, 5.74) is 6.80. The number of fused-ring (bicyclic) bond motifs is 7. The number of carbonyl (C=O) groups is 2. The molecule has 0 saturated carbocycles. The minimum Gasteiger partial charge on any atom is -0.469 e. The van der Waals surface area contributed by atoms with Crippen LogP contribution in [-0.2, 0) is 26.2 Å². The van der Waals surface area contributed by atoms with E-state index in [4.69, 9.17) is 28.3 Å². The van der Waals surface area contributed by atoms with Crippen LogP contribution in [0.2, 0.25) is 0 Å². The Hall–Kier alpha value is -5.88. The third-order valence-corrected chi connectivity index (χ3v) is 11.3. The van der Waals surface area contributed by atoms with Crippen molar-refractivity contribution in [3.8, 4) is 39.8 Å². The second-order valence-corrected chi connectivity index (χ2v) is 15.1. The molecule has 10 rings (SSSR count). The fourth-order valence-corrected chi connectivity index (χ4v) is 8.79. The Morgan fingerprint density at radius 3 is 2.64 bits per heavy atom. The SMILES string of the molecule is CO[C@H](C(=O)N[C@H]1Cc2ccc3c(c2)C24c5cccc(c5NC2O3)-c2cccc3[nH]cc(c23)-c2cnc(o2)-c2nc(oc24)[C@H](C(C)C)NC1=O)C(C)C. The second-order valence-electron chi connectivity index (χ2n) is 15.1. The van der Waals surface area contributed by atoms with Crippen molar-refractivity contribution in [3.63, 3.8) is 0 Å². The quantitative estimate of drug-likeness (QED) is 0.158.